The molecular weight excluding hydrogens is 548 g/mol. The van der Waals surface area contributed by atoms with Gasteiger partial charge in [0.1, 0.15) is 0 Å². The second kappa shape index (κ2) is 12.8. The lowest BCUT2D eigenvalue weighted by Gasteiger charge is -2.30. The Balaban J connectivity index is 0.000000194. The van der Waals surface area contributed by atoms with Gasteiger partial charge in [-0.05, 0) is 86.9 Å². The van der Waals surface area contributed by atoms with Crippen LogP contribution in [0.1, 0.15) is 118 Å². The summed E-state index contributed by atoms with van der Waals surface area (Å²) in [5, 5.41) is 0. The van der Waals surface area contributed by atoms with Gasteiger partial charge < -0.3 is 0 Å². The van der Waals surface area contributed by atoms with E-state index in [4.69, 9.17) is 19.9 Å². The average Bonchev–Trinajstić information content (AvgIpc) is 2.97. The van der Waals surface area contributed by atoms with Crippen LogP contribution in [0.4, 0.5) is 0 Å². The van der Waals surface area contributed by atoms with E-state index in [9.17, 15) is 0 Å². The number of hydrogen-bond donors (Lipinski definition) is 0. The molecule has 236 valence electrons. The molecule has 6 rings (SSSR count). The van der Waals surface area contributed by atoms with E-state index in [0.29, 0.717) is 5.92 Å². The molecule has 0 saturated heterocycles. The van der Waals surface area contributed by atoms with Crippen LogP contribution >= 0.6 is 0 Å². The van der Waals surface area contributed by atoms with Crippen molar-refractivity contribution >= 4 is 44.1 Å². The monoisotopic (exact) mass is 600 g/mol. The Morgan fingerprint density at radius 2 is 0.822 bits per heavy atom. The van der Waals surface area contributed by atoms with Crippen molar-refractivity contribution in [3.63, 3.8) is 0 Å². The highest BCUT2D eigenvalue weighted by atomic mass is 14.8. The third kappa shape index (κ3) is 7.32. The van der Waals surface area contributed by atoms with E-state index in [-0.39, 0.29) is 16.2 Å². The molecule has 2 aromatic heterocycles. The van der Waals surface area contributed by atoms with Crippen LogP contribution in [-0.2, 0) is 16.2 Å². The van der Waals surface area contributed by atoms with Crippen LogP contribution in [0.2, 0.25) is 0 Å². The van der Waals surface area contributed by atoms with Gasteiger partial charge in [-0.25, -0.2) is 19.9 Å². The molecule has 0 saturated carbocycles. The molecule has 0 atom stereocenters. The summed E-state index contributed by atoms with van der Waals surface area (Å²) in [6, 6.07) is 25.0. The van der Waals surface area contributed by atoms with E-state index >= 15 is 0 Å². The SMILES string of the molecule is CC.CC(C)(C)c1cc2nc3ccccc3nc2cc1C(C)(C)C.CC(C)c1ccc2nc3ccccc3nc2c1C(C)(C)C. The maximum absolute atomic E-state index is 4.92. The molecule has 0 unspecified atom stereocenters. The molecule has 2 heterocycles. The summed E-state index contributed by atoms with van der Waals surface area (Å²) in [7, 11) is 0. The Bertz CT molecular complexity index is 1880. The summed E-state index contributed by atoms with van der Waals surface area (Å²) in [6.07, 6.45) is 0. The van der Waals surface area contributed by atoms with Crippen LogP contribution in [0.15, 0.2) is 72.8 Å². The first-order chi connectivity index (χ1) is 21.0. The van der Waals surface area contributed by atoms with Gasteiger partial charge in [0.05, 0.1) is 44.1 Å². The highest BCUT2D eigenvalue weighted by Crippen LogP contribution is 2.37. The summed E-state index contributed by atoms with van der Waals surface area (Å²) < 4.78 is 0. The Labute approximate surface area is 270 Å². The molecule has 0 aliphatic rings. The lowest BCUT2D eigenvalue weighted by molar-refractivity contribution is 0.531. The molecule has 0 aliphatic carbocycles. The van der Waals surface area contributed by atoms with Gasteiger partial charge in [0.15, 0.2) is 0 Å². The summed E-state index contributed by atoms with van der Waals surface area (Å²) >= 11 is 0. The minimum atomic E-state index is 0.0518. The topological polar surface area (TPSA) is 51.6 Å². The van der Waals surface area contributed by atoms with Gasteiger partial charge >= 0.3 is 0 Å². The molecule has 0 N–H and O–H groups in total. The Morgan fingerprint density at radius 1 is 0.444 bits per heavy atom. The maximum atomic E-state index is 4.92. The minimum absolute atomic E-state index is 0.0518. The third-order valence-electron chi connectivity index (χ3n) is 8.01. The van der Waals surface area contributed by atoms with Gasteiger partial charge in [-0.2, -0.15) is 0 Å². The van der Waals surface area contributed by atoms with Crippen LogP contribution in [0.3, 0.4) is 0 Å². The number of nitrogens with zero attached hydrogens (tertiary/aromatic N) is 4. The van der Waals surface area contributed by atoms with Crippen molar-refractivity contribution in [1.82, 2.24) is 19.9 Å². The number of rotatable bonds is 1. The van der Waals surface area contributed by atoms with Crippen molar-refractivity contribution in [2.24, 2.45) is 0 Å². The standard InChI is InChI=1S/C20H24N2.C19H22N2.C2H6/c1-19(2,3)13-11-17-18(12-14(13)20(4,5)6)22-16-10-8-7-9-15(16)21-17;1-12(2)13-10-11-16-18(17(13)19(3,4)5)21-15-9-7-6-8-14(15)20-16;1-2/h7-12H,1-6H3;6-12H,1-5H3;1-2H3. The average molecular weight is 601 g/mol. The van der Waals surface area contributed by atoms with Gasteiger partial charge in [0.2, 0.25) is 0 Å². The fourth-order valence-corrected chi connectivity index (χ4v) is 5.88. The Hall–Kier alpha value is -3.92. The van der Waals surface area contributed by atoms with Crippen LogP contribution in [-0.4, -0.2) is 19.9 Å². The minimum Gasteiger partial charge on any atom is -0.244 e. The molecule has 45 heavy (non-hydrogen) atoms. The smallest absolute Gasteiger partial charge is 0.0934 e. The quantitative estimate of drug-likeness (QED) is 0.176. The van der Waals surface area contributed by atoms with Crippen molar-refractivity contribution < 1.29 is 0 Å². The van der Waals surface area contributed by atoms with E-state index in [1.54, 1.807) is 0 Å². The van der Waals surface area contributed by atoms with E-state index < -0.39 is 0 Å². The molecule has 4 nitrogen and oxygen atoms in total. The lowest BCUT2D eigenvalue weighted by atomic mass is 9.75. The zero-order valence-corrected chi connectivity index (χ0v) is 29.8. The number of benzene rings is 4. The predicted molar refractivity (Wildman–Crippen MR) is 196 cm³/mol. The number of aromatic nitrogens is 4. The van der Waals surface area contributed by atoms with E-state index in [2.05, 4.69) is 100 Å². The van der Waals surface area contributed by atoms with E-state index in [0.717, 1.165) is 44.1 Å². The van der Waals surface area contributed by atoms with E-state index in [1.807, 2.05) is 62.4 Å². The molecule has 0 fully saturated rings. The van der Waals surface area contributed by atoms with Crippen molar-refractivity contribution in [1.29, 1.82) is 0 Å². The first-order valence-corrected chi connectivity index (χ1v) is 16.5. The molecule has 0 aliphatic heterocycles. The number of hydrogen-bond acceptors (Lipinski definition) is 4. The first kappa shape index (κ1) is 34.0. The van der Waals surface area contributed by atoms with Crippen LogP contribution in [0.25, 0.3) is 44.1 Å². The predicted octanol–water partition coefficient (Wildman–Crippen LogP) is 11.6. The van der Waals surface area contributed by atoms with Crippen molar-refractivity contribution in [2.45, 2.75) is 112 Å². The summed E-state index contributed by atoms with van der Waals surface area (Å²) in [6.45, 7) is 28.8. The van der Waals surface area contributed by atoms with Crippen LogP contribution < -0.4 is 0 Å². The second-order valence-corrected chi connectivity index (χ2v) is 15.1. The van der Waals surface area contributed by atoms with Gasteiger partial charge in [-0.15, -0.1) is 0 Å². The first-order valence-electron chi connectivity index (χ1n) is 16.5. The molecule has 4 aromatic carbocycles. The highest BCUT2D eigenvalue weighted by molar-refractivity contribution is 5.89. The normalized spacial score (nSPS) is 12.3. The van der Waals surface area contributed by atoms with Crippen molar-refractivity contribution in [3.8, 4) is 0 Å². The van der Waals surface area contributed by atoms with E-state index in [1.165, 1.54) is 22.3 Å². The Morgan fingerprint density at radius 3 is 1.18 bits per heavy atom. The fraction of sp³-hybridized carbons (Fsp3) is 0.415. The van der Waals surface area contributed by atoms with Crippen molar-refractivity contribution in [2.75, 3.05) is 0 Å². The largest absolute Gasteiger partial charge is 0.244 e. The molecule has 0 amide bonds. The number of fused-ring (bicyclic) bond motifs is 4. The zero-order chi connectivity index (χ0) is 33.3. The second-order valence-electron chi connectivity index (χ2n) is 15.1. The van der Waals surface area contributed by atoms with Crippen LogP contribution in [0.5, 0.6) is 0 Å². The molecule has 0 radical (unpaired) electrons. The molecule has 0 spiro atoms. The molecule has 6 aromatic rings. The van der Waals surface area contributed by atoms with Gasteiger partial charge in [0, 0.05) is 0 Å². The third-order valence-corrected chi connectivity index (χ3v) is 8.01. The highest BCUT2D eigenvalue weighted by Gasteiger charge is 2.26. The maximum Gasteiger partial charge on any atom is 0.0934 e. The van der Waals surface area contributed by atoms with Gasteiger partial charge in [0.25, 0.3) is 0 Å². The summed E-state index contributed by atoms with van der Waals surface area (Å²) in [5.74, 6) is 0.483. The molecular formula is C41H52N4. The van der Waals surface area contributed by atoms with Gasteiger partial charge in [-0.1, -0.05) is 120 Å². The summed E-state index contributed by atoms with van der Waals surface area (Å²) in [4.78, 5) is 19.3. The fourth-order valence-electron chi connectivity index (χ4n) is 5.88. The molecule has 0 bridgehead atoms. The Kier molecular flexibility index (Phi) is 9.68. The zero-order valence-electron chi connectivity index (χ0n) is 29.8. The summed E-state index contributed by atoms with van der Waals surface area (Å²) in [5.41, 5.74) is 13.5. The number of para-hydroxylation sites is 4. The lowest BCUT2D eigenvalue weighted by Crippen LogP contribution is -2.22. The van der Waals surface area contributed by atoms with Crippen molar-refractivity contribution in [3.05, 3.63) is 95.1 Å². The van der Waals surface area contributed by atoms with Crippen LogP contribution in [0, 0.1) is 0 Å². The van der Waals surface area contributed by atoms with Gasteiger partial charge in [-0.3, -0.25) is 0 Å². The molecule has 4 heteroatoms.